The van der Waals surface area contributed by atoms with Gasteiger partial charge in [-0.15, -0.1) is 0 Å². The second kappa shape index (κ2) is 7.60. The fraction of sp³-hybridized carbons (Fsp3) is 0.385. The van der Waals surface area contributed by atoms with Gasteiger partial charge in [-0.3, -0.25) is 0 Å². The van der Waals surface area contributed by atoms with Crippen LogP contribution in [0.2, 0.25) is 0 Å². The second-order valence-electron chi connectivity index (χ2n) is 3.11. The molecule has 0 N–H and O–H groups in total. The summed E-state index contributed by atoms with van der Waals surface area (Å²) in [4.78, 5) is 0. The van der Waals surface area contributed by atoms with E-state index >= 15 is 0 Å². The predicted molar refractivity (Wildman–Crippen MR) is 58.3 cm³/mol. The normalized spacial score (nSPS) is 28.9. The van der Waals surface area contributed by atoms with Gasteiger partial charge in [-0.25, -0.2) is 0 Å². The molecular weight excluding hydrogens is 156 g/mol. The fourth-order valence-corrected chi connectivity index (χ4v) is 1.19. The number of hydrogen-bond acceptors (Lipinski definition) is 0. The molecule has 1 radical (unpaired) electrons. The third-order valence-corrected chi connectivity index (χ3v) is 1.92. The zero-order chi connectivity index (χ0) is 9.19. The van der Waals surface area contributed by atoms with E-state index < -0.39 is 0 Å². The largest absolute Gasteiger partial charge is 0.0882 e. The van der Waals surface area contributed by atoms with Gasteiger partial charge in [0.2, 0.25) is 0 Å². The maximum atomic E-state index is 3.15. The zero-order valence-electron chi connectivity index (χ0n) is 8.08. The third-order valence-electron chi connectivity index (χ3n) is 1.92. The summed E-state index contributed by atoms with van der Waals surface area (Å²) in [7, 11) is 0. The van der Waals surface area contributed by atoms with Crippen LogP contribution in [0, 0.1) is 6.08 Å². The summed E-state index contributed by atoms with van der Waals surface area (Å²) in [5, 5.41) is 0. The van der Waals surface area contributed by atoms with Crippen LogP contribution in [0.3, 0.4) is 0 Å². The molecule has 0 aliphatic heterocycles. The van der Waals surface area contributed by atoms with Gasteiger partial charge in [0, 0.05) is 0 Å². The molecule has 0 bridgehead atoms. The van der Waals surface area contributed by atoms with Crippen LogP contribution in [0.1, 0.15) is 32.1 Å². The second-order valence-corrected chi connectivity index (χ2v) is 3.11. The molecule has 0 unspecified atom stereocenters. The highest BCUT2D eigenvalue weighted by molar-refractivity contribution is 5.01. The Morgan fingerprint density at radius 2 is 1.38 bits per heavy atom. The molecule has 1 aliphatic rings. The van der Waals surface area contributed by atoms with E-state index in [-0.39, 0.29) is 0 Å². The van der Waals surface area contributed by atoms with Gasteiger partial charge in [0.1, 0.15) is 0 Å². The van der Waals surface area contributed by atoms with Crippen LogP contribution in [0.4, 0.5) is 0 Å². The Hall–Kier alpha value is -1.04. The maximum Gasteiger partial charge on any atom is -0.0166 e. The number of rotatable bonds is 0. The summed E-state index contributed by atoms with van der Waals surface area (Å²) < 4.78 is 0. The van der Waals surface area contributed by atoms with E-state index in [9.17, 15) is 0 Å². The van der Waals surface area contributed by atoms with E-state index in [1.54, 1.807) is 0 Å². The Bertz CT molecular complexity index is 216. The van der Waals surface area contributed by atoms with Crippen molar-refractivity contribution in [3.05, 3.63) is 48.6 Å². The SMILES string of the molecule is [C]1=C/CC/C=C/CC/C=C\C/C=C/1. The summed E-state index contributed by atoms with van der Waals surface area (Å²) in [5.41, 5.74) is 0. The van der Waals surface area contributed by atoms with E-state index in [0.717, 1.165) is 19.3 Å². The lowest BCUT2D eigenvalue weighted by molar-refractivity contribution is 1.00. The summed E-state index contributed by atoms with van der Waals surface area (Å²) >= 11 is 0. The molecule has 1 rings (SSSR count). The van der Waals surface area contributed by atoms with E-state index in [1.807, 2.05) is 6.08 Å². The molecule has 0 fully saturated rings. The highest BCUT2D eigenvalue weighted by atomic mass is 13.9. The lowest BCUT2D eigenvalue weighted by Crippen LogP contribution is -1.66. The van der Waals surface area contributed by atoms with E-state index in [0.29, 0.717) is 0 Å². The smallest absolute Gasteiger partial charge is 0.0166 e. The van der Waals surface area contributed by atoms with Crippen molar-refractivity contribution in [1.29, 1.82) is 0 Å². The van der Waals surface area contributed by atoms with E-state index in [2.05, 4.69) is 42.5 Å². The van der Waals surface area contributed by atoms with E-state index in [4.69, 9.17) is 0 Å². The Balaban J connectivity index is 2.38. The van der Waals surface area contributed by atoms with Crippen molar-refractivity contribution in [1.82, 2.24) is 0 Å². The molecule has 0 nitrogen and oxygen atoms in total. The van der Waals surface area contributed by atoms with Gasteiger partial charge in [-0.05, 0) is 38.2 Å². The van der Waals surface area contributed by atoms with Crippen molar-refractivity contribution >= 4 is 0 Å². The lowest BCUT2D eigenvalue weighted by Gasteiger charge is -1.87. The van der Waals surface area contributed by atoms with Gasteiger partial charge < -0.3 is 0 Å². The van der Waals surface area contributed by atoms with Crippen molar-refractivity contribution in [2.24, 2.45) is 0 Å². The molecule has 0 amide bonds. The Kier molecular flexibility index (Phi) is 5.87. The topological polar surface area (TPSA) is 0 Å². The van der Waals surface area contributed by atoms with Gasteiger partial charge in [0.15, 0.2) is 0 Å². The fourth-order valence-electron chi connectivity index (χ4n) is 1.19. The quantitative estimate of drug-likeness (QED) is 0.486. The van der Waals surface area contributed by atoms with Crippen LogP contribution >= 0.6 is 0 Å². The summed E-state index contributed by atoms with van der Waals surface area (Å²) in [6.07, 6.45) is 24.0. The Morgan fingerprint density at radius 1 is 0.692 bits per heavy atom. The van der Waals surface area contributed by atoms with Gasteiger partial charge in [-0.2, -0.15) is 0 Å². The van der Waals surface area contributed by atoms with Gasteiger partial charge >= 0.3 is 0 Å². The minimum absolute atomic E-state index is 1.03. The van der Waals surface area contributed by atoms with Gasteiger partial charge in [-0.1, -0.05) is 42.5 Å². The molecule has 0 atom stereocenters. The first-order valence-electron chi connectivity index (χ1n) is 5.03. The van der Waals surface area contributed by atoms with Crippen molar-refractivity contribution in [3.8, 4) is 0 Å². The highest BCUT2D eigenvalue weighted by Crippen LogP contribution is 2.00. The average Bonchev–Trinajstić information content (AvgIpc) is 2.18. The molecule has 0 aromatic rings. The van der Waals surface area contributed by atoms with Gasteiger partial charge in [0.05, 0.1) is 0 Å². The van der Waals surface area contributed by atoms with Gasteiger partial charge in [0.25, 0.3) is 0 Å². The monoisotopic (exact) mass is 173 g/mol. The molecule has 0 spiro atoms. The molecular formula is C13H17. The summed E-state index contributed by atoms with van der Waals surface area (Å²) in [6, 6.07) is 0. The first-order valence-corrected chi connectivity index (χ1v) is 5.03. The highest BCUT2D eigenvalue weighted by Gasteiger charge is 1.80. The van der Waals surface area contributed by atoms with Crippen LogP contribution < -0.4 is 0 Å². The zero-order valence-corrected chi connectivity index (χ0v) is 8.08. The van der Waals surface area contributed by atoms with Crippen molar-refractivity contribution in [2.75, 3.05) is 0 Å². The molecule has 0 saturated heterocycles. The first kappa shape index (κ1) is 10.0. The minimum atomic E-state index is 1.03. The van der Waals surface area contributed by atoms with Crippen molar-refractivity contribution < 1.29 is 0 Å². The predicted octanol–water partition coefficient (Wildman–Crippen LogP) is 3.98. The molecule has 0 saturated carbocycles. The van der Waals surface area contributed by atoms with Crippen molar-refractivity contribution in [2.45, 2.75) is 32.1 Å². The van der Waals surface area contributed by atoms with Crippen LogP contribution in [-0.2, 0) is 0 Å². The number of hydrogen-bond donors (Lipinski definition) is 0. The standard InChI is InChI=1S/C13H17/c1-2-4-6-8-10-12-13-11-9-7-5-3-1/h1-2,5,7-8,10-11H,3-4,6,12-13H2/b2-1-,7-5+,10-8+,11-9?. The summed E-state index contributed by atoms with van der Waals surface area (Å²) in [6.45, 7) is 0. The van der Waals surface area contributed by atoms with Crippen LogP contribution in [0.25, 0.3) is 0 Å². The molecule has 1 aliphatic carbocycles. The first-order chi connectivity index (χ1) is 6.50. The third kappa shape index (κ3) is 6.15. The maximum absolute atomic E-state index is 3.15. The molecule has 0 aromatic carbocycles. The molecule has 0 heteroatoms. The molecule has 0 heterocycles. The molecule has 69 valence electrons. The van der Waals surface area contributed by atoms with Crippen LogP contribution in [-0.4, -0.2) is 0 Å². The average molecular weight is 173 g/mol. The van der Waals surface area contributed by atoms with Crippen LogP contribution in [0.5, 0.6) is 0 Å². The Morgan fingerprint density at radius 3 is 2.23 bits per heavy atom. The number of allylic oxidation sites excluding steroid dienone is 8. The lowest BCUT2D eigenvalue weighted by atomic mass is 10.2. The Labute approximate surface area is 81.4 Å². The van der Waals surface area contributed by atoms with E-state index in [1.165, 1.54) is 12.8 Å². The summed E-state index contributed by atoms with van der Waals surface area (Å²) in [5.74, 6) is 0. The molecule has 13 heavy (non-hydrogen) atoms. The minimum Gasteiger partial charge on any atom is -0.0882 e. The van der Waals surface area contributed by atoms with Crippen LogP contribution in [0.15, 0.2) is 42.5 Å². The van der Waals surface area contributed by atoms with Crippen molar-refractivity contribution in [3.63, 3.8) is 0 Å². The molecule has 0 aromatic heterocycles.